The Bertz CT molecular complexity index is 277. The molecule has 0 aromatic rings. The topological polar surface area (TPSA) is 58.4 Å². The predicted molar refractivity (Wildman–Crippen MR) is 64.0 cm³/mol. The SMILES string of the molecule is CC1CCCN1CC(C)(NC1CC1)C(N)=O. The maximum atomic E-state index is 11.6. The van der Waals surface area contributed by atoms with Crippen LogP contribution in [0.15, 0.2) is 0 Å². The fourth-order valence-corrected chi connectivity index (χ4v) is 2.51. The number of hydrogen-bond donors (Lipinski definition) is 2. The van der Waals surface area contributed by atoms with Crippen LogP contribution in [0.3, 0.4) is 0 Å². The first kappa shape index (κ1) is 11.9. The highest BCUT2D eigenvalue weighted by Crippen LogP contribution is 2.25. The predicted octanol–water partition coefficient (Wildman–Crippen LogP) is 0.467. The number of primary amides is 1. The molecule has 4 heteroatoms. The molecule has 4 nitrogen and oxygen atoms in total. The molecule has 1 aliphatic heterocycles. The second-order valence-electron chi connectivity index (χ2n) is 5.58. The third kappa shape index (κ3) is 2.55. The summed E-state index contributed by atoms with van der Waals surface area (Å²) in [6.07, 6.45) is 4.83. The highest BCUT2D eigenvalue weighted by atomic mass is 16.1. The van der Waals surface area contributed by atoms with Gasteiger partial charge in [0.2, 0.25) is 5.91 Å². The van der Waals surface area contributed by atoms with Crippen LogP contribution >= 0.6 is 0 Å². The second-order valence-corrected chi connectivity index (χ2v) is 5.58. The van der Waals surface area contributed by atoms with Gasteiger partial charge in [0.15, 0.2) is 0 Å². The van der Waals surface area contributed by atoms with Crippen LogP contribution in [-0.4, -0.2) is 41.5 Å². The fraction of sp³-hybridized carbons (Fsp3) is 0.917. The molecule has 2 atom stereocenters. The number of amides is 1. The summed E-state index contributed by atoms with van der Waals surface area (Å²) in [7, 11) is 0. The van der Waals surface area contributed by atoms with Gasteiger partial charge < -0.3 is 5.73 Å². The van der Waals surface area contributed by atoms with Crippen LogP contribution in [0.5, 0.6) is 0 Å². The Morgan fingerprint density at radius 2 is 2.19 bits per heavy atom. The summed E-state index contributed by atoms with van der Waals surface area (Å²) in [5.41, 5.74) is 4.99. The number of nitrogens with one attached hydrogen (secondary N) is 1. The lowest BCUT2D eigenvalue weighted by Gasteiger charge is -2.34. The van der Waals surface area contributed by atoms with Crippen molar-refractivity contribution < 1.29 is 4.79 Å². The first-order chi connectivity index (χ1) is 7.51. The molecule has 1 saturated heterocycles. The van der Waals surface area contributed by atoms with E-state index in [0.717, 1.165) is 13.1 Å². The number of likely N-dealkylation sites (tertiary alicyclic amines) is 1. The van der Waals surface area contributed by atoms with Gasteiger partial charge in [-0.25, -0.2) is 0 Å². The fourth-order valence-electron chi connectivity index (χ4n) is 2.51. The van der Waals surface area contributed by atoms with Crippen LogP contribution in [0.25, 0.3) is 0 Å². The Morgan fingerprint density at radius 3 is 2.62 bits per heavy atom. The summed E-state index contributed by atoms with van der Waals surface area (Å²) < 4.78 is 0. The lowest BCUT2D eigenvalue weighted by molar-refractivity contribution is -0.124. The first-order valence-corrected chi connectivity index (χ1v) is 6.33. The molecule has 0 spiro atoms. The van der Waals surface area contributed by atoms with Gasteiger partial charge in [-0.05, 0) is 46.1 Å². The Hall–Kier alpha value is -0.610. The molecule has 1 saturated carbocycles. The normalized spacial score (nSPS) is 30.2. The average Bonchev–Trinajstić information content (AvgIpc) is 2.91. The van der Waals surface area contributed by atoms with Crippen LogP contribution in [0.4, 0.5) is 0 Å². The lowest BCUT2D eigenvalue weighted by atomic mass is 10.00. The Labute approximate surface area is 97.6 Å². The molecule has 1 heterocycles. The molecule has 16 heavy (non-hydrogen) atoms. The summed E-state index contributed by atoms with van der Waals surface area (Å²) in [5.74, 6) is -0.224. The summed E-state index contributed by atoms with van der Waals surface area (Å²) in [5, 5.41) is 3.40. The number of carbonyl (C=O) groups is 1. The van der Waals surface area contributed by atoms with E-state index in [-0.39, 0.29) is 5.91 Å². The molecule has 1 amide bonds. The largest absolute Gasteiger partial charge is 0.368 e. The highest BCUT2D eigenvalue weighted by Gasteiger charge is 2.39. The standard InChI is InChI=1S/C12H23N3O/c1-9-4-3-7-15(9)8-12(2,11(13)16)14-10-5-6-10/h9-10,14H,3-8H2,1-2H3,(H2,13,16). The van der Waals surface area contributed by atoms with Crippen LogP contribution < -0.4 is 11.1 Å². The minimum absolute atomic E-state index is 0.224. The van der Waals surface area contributed by atoms with Crippen molar-refractivity contribution in [3.8, 4) is 0 Å². The van der Waals surface area contributed by atoms with E-state index in [4.69, 9.17) is 5.73 Å². The van der Waals surface area contributed by atoms with E-state index >= 15 is 0 Å². The van der Waals surface area contributed by atoms with Crippen LogP contribution in [-0.2, 0) is 4.79 Å². The smallest absolute Gasteiger partial charge is 0.238 e. The summed E-state index contributed by atoms with van der Waals surface area (Å²) in [4.78, 5) is 14.0. The van der Waals surface area contributed by atoms with Gasteiger partial charge in [-0.15, -0.1) is 0 Å². The van der Waals surface area contributed by atoms with E-state index in [2.05, 4.69) is 17.1 Å². The summed E-state index contributed by atoms with van der Waals surface area (Å²) >= 11 is 0. The van der Waals surface area contributed by atoms with Gasteiger partial charge in [-0.1, -0.05) is 0 Å². The number of rotatable bonds is 5. The molecule has 0 radical (unpaired) electrons. The van der Waals surface area contributed by atoms with Crippen molar-refractivity contribution in [2.45, 2.75) is 57.2 Å². The van der Waals surface area contributed by atoms with Crippen LogP contribution in [0.2, 0.25) is 0 Å². The second kappa shape index (κ2) is 4.34. The molecule has 1 aliphatic carbocycles. The zero-order valence-electron chi connectivity index (χ0n) is 10.3. The van der Waals surface area contributed by atoms with Crippen molar-refractivity contribution in [3.63, 3.8) is 0 Å². The molecule has 3 N–H and O–H groups in total. The quantitative estimate of drug-likeness (QED) is 0.715. The van der Waals surface area contributed by atoms with Crippen molar-refractivity contribution in [1.29, 1.82) is 0 Å². The monoisotopic (exact) mass is 225 g/mol. The molecule has 2 aliphatic rings. The zero-order valence-corrected chi connectivity index (χ0v) is 10.3. The third-order valence-corrected chi connectivity index (χ3v) is 3.85. The lowest BCUT2D eigenvalue weighted by Crippen LogP contribution is -2.60. The van der Waals surface area contributed by atoms with E-state index in [9.17, 15) is 4.79 Å². The number of hydrogen-bond acceptors (Lipinski definition) is 3. The van der Waals surface area contributed by atoms with Crippen molar-refractivity contribution >= 4 is 5.91 Å². The Kier molecular flexibility index (Phi) is 3.22. The van der Waals surface area contributed by atoms with E-state index in [1.54, 1.807) is 0 Å². The Morgan fingerprint density at radius 1 is 1.50 bits per heavy atom. The van der Waals surface area contributed by atoms with E-state index in [1.165, 1.54) is 25.7 Å². The molecule has 0 bridgehead atoms. The molecule has 0 aromatic carbocycles. The molecule has 92 valence electrons. The van der Waals surface area contributed by atoms with Gasteiger partial charge in [0.25, 0.3) is 0 Å². The molecule has 2 fully saturated rings. The van der Waals surface area contributed by atoms with Gasteiger partial charge in [0, 0.05) is 18.6 Å². The molecule has 2 rings (SSSR count). The minimum atomic E-state index is -0.556. The van der Waals surface area contributed by atoms with Gasteiger partial charge in [-0.2, -0.15) is 0 Å². The maximum Gasteiger partial charge on any atom is 0.238 e. The summed E-state index contributed by atoms with van der Waals surface area (Å²) in [6.45, 7) is 6.01. The molecule has 2 unspecified atom stereocenters. The van der Waals surface area contributed by atoms with Crippen LogP contribution in [0.1, 0.15) is 39.5 Å². The zero-order chi connectivity index (χ0) is 11.8. The van der Waals surface area contributed by atoms with Crippen molar-refractivity contribution in [2.24, 2.45) is 5.73 Å². The van der Waals surface area contributed by atoms with E-state index < -0.39 is 5.54 Å². The molecular formula is C12H23N3O. The van der Waals surface area contributed by atoms with E-state index in [1.807, 2.05) is 6.92 Å². The number of nitrogens with two attached hydrogens (primary N) is 1. The van der Waals surface area contributed by atoms with E-state index in [0.29, 0.717) is 12.1 Å². The first-order valence-electron chi connectivity index (χ1n) is 6.33. The molecule has 0 aromatic heterocycles. The van der Waals surface area contributed by atoms with Crippen molar-refractivity contribution in [2.75, 3.05) is 13.1 Å². The number of nitrogens with zero attached hydrogens (tertiary/aromatic N) is 1. The minimum Gasteiger partial charge on any atom is -0.368 e. The van der Waals surface area contributed by atoms with Crippen molar-refractivity contribution in [1.82, 2.24) is 10.2 Å². The van der Waals surface area contributed by atoms with Gasteiger partial charge in [0.05, 0.1) is 0 Å². The van der Waals surface area contributed by atoms with Gasteiger partial charge >= 0.3 is 0 Å². The maximum absolute atomic E-state index is 11.6. The number of carbonyl (C=O) groups excluding carboxylic acids is 1. The average molecular weight is 225 g/mol. The van der Waals surface area contributed by atoms with Crippen molar-refractivity contribution in [3.05, 3.63) is 0 Å². The van der Waals surface area contributed by atoms with Gasteiger partial charge in [0.1, 0.15) is 5.54 Å². The van der Waals surface area contributed by atoms with Crippen LogP contribution in [0, 0.1) is 0 Å². The van der Waals surface area contributed by atoms with Gasteiger partial charge in [-0.3, -0.25) is 15.0 Å². The highest BCUT2D eigenvalue weighted by molar-refractivity contribution is 5.84. The third-order valence-electron chi connectivity index (χ3n) is 3.85. The molecular weight excluding hydrogens is 202 g/mol. The Balaban J connectivity index is 1.97. The summed E-state index contributed by atoms with van der Waals surface area (Å²) in [6, 6.07) is 1.09.